The third kappa shape index (κ3) is 5.00. The molecule has 1 unspecified atom stereocenters. The molecular formula is C22H24N2O4S. The summed E-state index contributed by atoms with van der Waals surface area (Å²) in [5.74, 6) is -0.262. The van der Waals surface area contributed by atoms with Gasteiger partial charge < -0.3 is 10.1 Å². The molecule has 0 aliphatic carbocycles. The van der Waals surface area contributed by atoms with E-state index in [9.17, 15) is 13.2 Å². The van der Waals surface area contributed by atoms with E-state index in [1.165, 1.54) is 31.4 Å². The first-order chi connectivity index (χ1) is 13.9. The van der Waals surface area contributed by atoms with E-state index >= 15 is 0 Å². The van der Waals surface area contributed by atoms with E-state index in [-0.39, 0.29) is 30.0 Å². The van der Waals surface area contributed by atoms with Gasteiger partial charge in [-0.2, -0.15) is 0 Å². The highest BCUT2D eigenvalue weighted by Gasteiger charge is 2.16. The van der Waals surface area contributed by atoms with Crippen LogP contribution in [0.4, 0.5) is 0 Å². The molecule has 0 radical (unpaired) electrons. The number of carbonyl (C=O) groups is 1. The van der Waals surface area contributed by atoms with E-state index in [0.29, 0.717) is 5.56 Å². The minimum Gasteiger partial charge on any atom is -0.383 e. The predicted octanol–water partition coefficient (Wildman–Crippen LogP) is 3.26. The second kappa shape index (κ2) is 9.17. The minimum absolute atomic E-state index is 0.104. The second-order valence-corrected chi connectivity index (χ2v) is 8.45. The topological polar surface area (TPSA) is 84.5 Å². The Morgan fingerprint density at radius 3 is 2.41 bits per heavy atom. The highest BCUT2D eigenvalue weighted by Crippen LogP contribution is 2.24. The quantitative estimate of drug-likeness (QED) is 0.556. The number of fused-ring (bicyclic) bond motifs is 1. The van der Waals surface area contributed by atoms with Gasteiger partial charge in [0, 0.05) is 19.2 Å². The van der Waals surface area contributed by atoms with Crippen molar-refractivity contribution in [2.24, 2.45) is 0 Å². The second-order valence-electron chi connectivity index (χ2n) is 6.68. The maximum Gasteiger partial charge on any atom is 0.251 e. The summed E-state index contributed by atoms with van der Waals surface area (Å²) in [6.45, 7) is 2.40. The number of hydrogen-bond donors (Lipinski definition) is 2. The lowest BCUT2D eigenvalue weighted by atomic mass is 9.99. The van der Waals surface area contributed by atoms with Crippen LogP contribution in [0.3, 0.4) is 0 Å². The van der Waals surface area contributed by atoms with Crippen LogP contribution in [0.2, 0.25) is 0 Å². The van der Waals surface area contributed by atoms with Gasteiger partial charge in [0.1, 0.15) is 0 Å². The largest absolute Gasteiger partial charge is 0.383 e. The van der Waals surface area contributed by atoms with Crippen LogP contribution in [0.15, 0.2) is 71.6 Å². The average molecular weight is 413 g/mol. The van der Waals surface area contributed by atoms with E-state index in [1.807, 2.05) is 49.4 Å². The van der Waals surface area contributed by atoms with Crippen molar-refractivity contribution in [2.45, 2.75) is 17.9 Å². The van der Waals surface area contributed by atoms with Crippen LogP contribution >= 0.6 is 0 Å². The van der Waals surface area contributed by atoms with Gasteiger partial charge in [-0.15, -0.1) is 0 Å². The van der Waals surface area contributed by atoms with Gasteiger partial charge in [-0.3, -0.25) is 4.79 Å². The van der Waals surface area contributed by atoms with Crippen molar-refractivity contribution in [2.75, 3.05) is 20.3 Å². The van der Waals surface area contributed by atoms with Crippen molar-refractivity contribution >= 4 is 26.7 Å². The normalized spacial score (nSPS) is 12.6. The fraction of sp³-hybridized carbons (Fsp3) is 0.227. The molecule has 0 fully saturated rings. The number of benzene rings is 3. The zero-order chi connectivity index (χ0) is 20.9. The summed E-state index contributed by atoms with van der Waals surface area (Å²) in [7, 11) is -2.13. The number of nitrogens with one attached hydrogen (secondary N) is 2. The van der Waals surface area contributed by atoms with E-state index in [1.54, 1.807) is 0 Å². The third-order valence-electron chi connectivity index (χ3n) is 4.66. The Morgan fingerprint density at radius 2 is 1.69 bits per heavy atom. The van der Waals surface area contributed by atoms with Crippen molar-refractivity contribution in [1.29, 1.82) is 0 Å². The lowest BCUT2D eigenvalue weighted by molar-refractivity contribution is 0.0940. The highest BCUT2D eigenvalue weighted by atomic mass is 32.2. The summed E-state index contributed by atoms with van der Waals surface area (Å²) in [4.78, 5) is 12.7. The molecule has 7 heteroatoms. The third-order valence-corrected chi connectivity index (χ3v) is 6.14. The van der Waals surface area contributed by atoms with Crippen molar-refractivity contribution in [3.63, 3.8) is 0 Å². The molecular weight excluding hydrogens is 388 g/mol. The number of methoxy groups -OCH3 is 1. The number of carbonyl (C=O) groups excluding carboxylic acids is 1. The summed E-state index contributed by atoms with van der Waals surface area (Å²) >= 11 is 0. The van der Waals surface area contributed by atoms with Crippen LogP contribution in [0.25, 0.3) is 10.8 Å². The van der Waals surface area contributed by atoms with Crippen LogP contribution in [-0.4, -0.2) is 34.6 Å². The molecule has 1 atom stereocenters. The number of rotatable bonds is 8. The first-order valence-corrected chi connectivity index (χ1v) is 10.8. The first-order valence-electron chi connectivity index (χ1n) is 9.29. The number of sulfonamides is 1. The monoisotopic (exact) mass is 412 g/mol. The van der Waals surface area contributed by atoms with Crippen molar-refractivity contribution in [3.05, 3.63) is 77.9 Å². The molecule has 29 heavy (non-hydrogen) atoms. The molecule has 0 saturated carbocycles. The Morgan fingerprint density at radius 1 is 1.00 bits per heavy atom. The Kier molecular flexibility index (Phi) is 6.64. The SMILES string of the molecule is COCCNS(=O)(=O)c1ccc(C(=O)NC(C)c2cccc3ccccc23)cc1. The Balaban J connectivity index is 1.72. The first kappa shape index (κ1) is 21.0. The molecule has 3 aromatic rings. The molecule has 0 saturated heterocycles. The molecule has 0 aromatic heterocycles. The zero-order valence-electron chi connectivity index (χ0n) is 16.4. The van der Waals surface area contributed by atoms with Crippen LogP contribution < -0.4 is 10.0 Å². The molecule has 152 valence electrons. The van der Waals surface area contributed by atoms with Gasteiger partial charge in [0.2, 0.25) is 10.0 Å². The molecule has 0 heterocycles. The van der Waals surface area contributed by atoms with E-state index in [2.05, 4.69) is 10.0 Å². The highest BCUT2D eigenvalue weighted by molar-refractivity contribution is 7.89. The Bertz CT molecular complexity index is 1090. The minimum atomic E-state index is -3.63. The van der Waals surface area contributed by atoms with Crippen molar-refractivity contribution in [3.8, 4) is 0 Å². The van der Waals surface area contributed by atoms with Gasteiger partial charge in [-0.05, 0) is 47.5 Å². The van der Waals surface area contributed by atoms with Crippen molar-refractivity contribution in [1.82, 2.24) is 10.0 Å². The maximum atomic E-state index is 12.6. The predicted molar refractivity (Wildman–Crippen MR) is 113 cm³/mol. The van der Waals surface area contributed by atoms with Gasteiger partial charge in [0.25, 0.3) is 5.91 Å². The molecule has 3 aromatic carbocycles. The zero-order valence-corrected chi connectivity index (χ0v) is 17.2. The van der Waals surface area contributed by atoms with Gasteiger partial charge in [-0.1, -0.05) is 42.5 Å². The molecule has 3 rings (SSSR count). The number of amides is 1. The number of ether oxygens (including phenoxy) is 1. The lowest BCUT2D eigenvalue weighted by Crippen LogP contribution is -2.28. The summed E-state index contributed by atoms with van der Waals surface area (Å²) in [5, 5.41) is 5.19. The average Bonchev–Trinajstić information content (AvgIpc) is 2.73. The maximum absolute atomic E-state index is 12.6. The van der Waals surface area contributed by atoms with Gasteiger partial charge >= 0.3 is 0 Å². The number of hydrogen-bond acceptors (Lipinski definition) is 4. The van der Waals surface area contributed by atoms with Crippen LogP contribution in [0.1, 0.15) is 28.9 Å². The molecule has 0 bridgehead atoms. The molecule has 0 aliphatic heterocycles. The van der Waals surface area contributed by atoms with Crippen LogP contribution in [0.5, 0.6) is 0 Å². The fourth-order valence-electron chi connectivity index (χ4n) is 3.13. The van der Waals surface area contributed by atoms with Crippen LogP contribution in [0, 0.1) is 0 Å². The standard InChI is InChI=1S/C22H24N2O4S/c1-16(20-9-5-7-17-6-3-4-8-21(17)20)24-22(25)18-10-12-19(13-11-18)29(26,27)23-14-15-28-2/h3-13,16,23H,14-15H2,1-2H3,(H,24,25). The van der Waals surface area contributed by atoms with Crippen molar-refractivity contribution < 1.29 is 17.9 Å². The molecule has 2 N–H and O–H groups in total. The summed E-state index contributed by atoms with van der Waals surface area (Å²) in [5.41, 5.74) is 1.42. The van der Waals surface area contributed by atoms with E-state index in [4.69, 9.17) is 4.74 Å². The fourth-order valence-corrected chi connectivity index (χ4v) is 4.15. The summed E-state index contributed by atoms with van der Waals surface area (Å²) < 4.78 is 31.7. The summed E-state index contributed by atoms with van der Waals surface area (Å²) in [6.07, 6.45) is 0. The smallest absolute Gasteiger partial charge is 0.251 e. The lowest BCUT2D eigenvalue weighted by Gasteiger charge is -2.17. The Labute approximate surface area is 170 Å². The van der Waals surface area contributed by atoms with Gasteiger partial charge in [0.15, 0.2) is 0 Å². The van der Waals surface area contributed by atoms with Gasteiger partial charge in [-0.25, -0.2) is 13.1 Å². The summed E-state index contributed by atoms with van der Waals surface area (Å²) in [6, 6.07) is 19.7. The van der Waals surface area contributed by atoms with E-state index in [0.717, 1.165) is 16.3 Å². The van der Waals surface area contributed by atoms with Gasteiger partial charge in [0.05, 0.1) is 17.5 Å². The molecule has 6 nitrogen and oxygen atoms in total. The van der Waals surface area contributed by atoms with E-state index < -0.39 is 10.0 Å². The molecule has 1 amide bonds. The molecule has 0 aliphatic rings. The molecule has 0 spiro atoms. The Hall–Kier alpha value is -2.74. The van der Waals surface area contributed by atoms with Crippen LogP contribution in [-0.2, 0) is 14.8 Å².